The zero-order chi connectivity index (χ0) is 16.4. The molecule has 1 amide bonds. The molecule has 23 heavy (non-hydrogen) atoms. The Hall–Kier alpha value is -2.40. The standard InChI is InChI=1S/C18H18FNO3/c1-11(17(21)12-2-5-15(19)6-3-12)20-18(22)14-4-7-16-13(10-14)8-9-23-16/h2-7,10-11,17,21H,8-9H2,1H3,(H,20,22)/t11-,17+/m1/s1. The summed E-state index contributed by atoms with van der Waals surface area (Å²) in [5.74, 6) is 0.201. The Balaban J connectivity index is 1.68. The normalized spacial score (nSPS) is 15.4. The Bertz CT molecular complexity index is 715. The summed E-state index contributed by atoms with van der Waals surface area (Å²) < 4.78 is 18.3. The second-order valence-corrected chi connectivity index (χ2v) is 5.68. The van der Waals surface area contributed by atoms with Gasteiger partial charge in [0.15, 0.2) is 0 Å². The molecule has 2 aromatic rings. The van der Waals surface area contributed by atoms with Crippen LogP contribution in [0.4, 0.5) is 4.39 Å². The highest BCUT2D eigenvalue weighted by Gasteiger charge is 2.20. The van der Waals surface area contributed by atoms with E-state index in [9.17, 15) is 14.3 Å². The van der Waals surface area contributed by atoms with Crippen LogP contribution in [0.2, 0.25) is 0 Å². The molecule has 0 radical (unpaired) electrons. The van der Waals surface area contributed by atoms with Crippen molar-refractivity contribution in [2.45, 2.75) is 25.5 Å². The minimum absolute atomic E-state index is 0.256. The smallest absolute Gasteiger partial charge is 0.251 e. The fourth-order valence-corrected chi connectivity index (χ4v) is 2.65. The minimum Gasteiger partial charge on any atom is -0.493 e. The summed E-state index contributed by atoms with van der Waals surface area (Å²) in [5.41, 5.74) is 2.11. The quantitative estimate of drug-likeness (QED) is 0.912. The molecule has 1 aliphatic heterocycles. The van der Waals surface area contributed by atoms with Crippen LogP contribution in [-0.2, 0) is 6.42 Å². The summed E-state index contributed by atoms with van der Waals surface area (Å²) >= 11 is 0. The lowest BCUT2D eigenvalue weighted by molar-refractivity contribution is 0.0852. The Morgan fingerprint density at radius 1 is 1.26 bits per heavy atom. The molecule has 0 spiro atoms. The highest BCUT2D eigenvalue weighted by molar-refractivity contribution is 5.94. The van der Waals surface area contributed by atoms with Crippen LogP contribution in [0.3, 0.4) is 0 Å². The molecule has 1 aliphatic rings. The number of benzene rings is 2. The van der Waals surface area contributed by atoms with Gasteiger partial charge >= 0.3 is 0 Å². The van der Waals surface area contributed by atoms with Crippen LogP contribution >= 0.6 is 0 Å². The highest BCUT2D eigenvalue weighted by atomic mass is 19.1. The van der Waals surface area contributed by atoms with Gasteiger partial charge in [-0.05, 0) is 48.4 Å². The average molecular weight is 315 g/mol. The van der Waals surface area contributed by atoms with Gasteiger partial charge in [0.05, 0.1) is 18.8 Å². The predicted octanol–water partition coefficient (Wildman–Crippen LogP) is 2.61. The maximum Gasteiger partial charge on any atom is 0.251 e. The molecule has 120 valence electrons. The summed E-state index contributed by atoms with van der Waals surface area (Å²) in [6.45, 7) is 2.35. The number of carbonyl (C=O) groups excluding carboxylic acids is 1. The van der Waals surface area contributed by atoms with Crippen LogP contribution in [-0.4, -0.2) is 23.7 Å². The predicted molar refractivity (Wildman–Crippen MR) is 83.9 cm³/mol. The lowest BCUT2D eigenvalue weighted by atomic mass is 10.0. The van der Waals surface area contributed by atoms with Gasteiger partial charge in [0, 0.05) is 12.0 Å². The Morgan fingerprint density at radius 3 is 2.74 bits per heavy atom. The molecule has 1 heterocycles. The Morgan fingerprint density at radius 2 is 2.00 bits per heavy atom. The van der Waals surface area contributed by atoms with Crippen LogP contribution in [0.15, 0.2) is 42.5 Å². The third-order valence-corrected chi connectivity index (χ3v) is 4.00. The number of hydrogen-bond acceptors (Lipinski definition) is 3. The SMILES string of the molecule is C[C@@H](NC(=O)c1ccc2c(c1)CCO2)[C@H](O)c1ccc(F)cc1. The van der Waals surface area contributed by atoms with Crippen molar-refractivity contribution in [2.75, 3.05) is 6.61 Å². The number of fused-ring (bicyclic) bond motifs is 1. The van der Waals surface area contributed by atoms with E-state index in [0.29, 0.717) is 17.7 Å². The molecule has 0 saturated carbocycles. The van der Waals surface area contributed by atoms with E-state index in [-0.39, 0.29) is 11.7 Å². The van der Waals surface area contributed by atoms with Gasteiger partial charge in [-0.1, -0.05) is 12.1 Å². The van der Waals surface area contributed by atoms with Crippen molar-refractivity contribution in [1.82, 2.24) is 5.32 Å². The summed E-state index contributed by atoms with van der Waals surface area (Å²) in [6, 6.07) is 10.4. The van der Waals surface area contributed by atoms with E-state index in [4.69, 9.17) is 4.74 Å². The molecular formula is C18H18FNO3. The van der Waals surface area contributed by atoms with Crippen molar-refractivity contribution in [3.05, 3.63) is 65.0 Å². The summed E-state index contributed by atoms with van der Waals surface area (Å²) in [7, 11) is 0. The number of rotatable bonds is 4. The molecule has 5 heteroatoms. The molecule has 0 aliphatic carbocycles. The van der Waals surface area contributed by atoms with Gasteiger partial charge in [0.25, 0.3) is 5.91 Å². The fourth-order valence-electron chi connectivity index (χ4n) is 2.65. The second-order valence-electron chi connectivity index (χ2n) is 5.68. The zero-order valence-electron chi connectivity index (χ0n) is 12.8. The summed E-state index contributed by atoms with van der Waals surface area (Å²) in [4.78, 5) is 12.3. The number of ether oxygens (including phenoxy) is 1. The molecule has 0 saturated heterocycles. The summed E-state index contributed by atoms with van der Waals surface area (Å²) in [5, 5.41) is 13.1. The molecule has 3 rings (SSSR count). The van der Waals surface area contributed by atoms with E-state index in [2.05, 4.69) is 5.32 Å². The van der Waals surface area contributed by atoms with Crippen LogP contribution in [0.1, 0.15) is 34.5 Å². The van der Waals surface area contributed by atoms with E-state index < -0.39 is 12.1 Å². The van der Waals surface area contributed by atoms with Crippen LogP contribution in [0.5, 0.6) is 5.75 Å². The number of aliphatic hydroxyl groups excluding tert-OH is 1. The first-order valence-corrected chi connectivity index (χ1v) is 7.55. The lowest BCUT2D eigenvalue weighted by Gasteiger charge is -2.21. The topological polar surface area (TPSA) is 58.6 Å². The van der Waals surface area contributed by atoms with Gasteiger partial charge in [-0.25, -0.2) is 4.39 Å². The Kier molecular flexibility index (Phi) is 4.30. The number of amides is 1. The molecule has 2 N–H and O–H groups in total. The monoisotopic (exact) mass is 315 g/mol. The van der Waals surface area contributed by atoms with Crippen molar-refractivity contribution in [3.8, 4) is 5.75 Å². The van der Waals surface area contributed by atoms with E-state index >= 15 is 0 Å². The van der Waals surface area contributed by atoms with E-state index in [1.54, 1.807) is 19.1 Å². The lowest BCUT2D eigenvalue weighted by Crippen LogP contribution is -2.37. The number of aliphatic hydroxyl groups is 1. The number of hydrogen-bond donors (Lipinski definition) is 2. The molecule has 4 nitrogen and oxygen atoms in total. The number of nitrogens with one attached hydrogen (secondary N) is 1. The molecule has 2 atom stereocenters. The highest BCUT2D eigenvalue weighted by Crippen LogP contribution is 2.26. The van der Waals surface area contributed by atoms with E-state index in [1.807, 2.05) is 6.07 Å². The molecule has 0 unspecified atom stereocenters. The van der Waals surface area contributed by atoms with Gasteiger partial charge < -0.3 is 15.2 Å². The average Bonchev–Trinajstić information content (AvgIpc) is 3.02. The van der Waals surface area contributed by atoms with Crippen molar-refractivity contribution in [1.29, 1.82) is 0 Å². The second kappa shape index (κ2) is 6.38. The van der Waals surface area contributed by atoms with Gasteiger partial charge in [0.2, 0.25) is 0 Å². The fraction of sp³-hybridized carbons (Fsp3) is 0.278. The van der Waals surface area contributed by atoms with Gasteiger partial charge in [-0.3, -0.25) is 4.79 Å². The first-order valence-electron chi connectivity index (χ1n) is 7.55. The van der Waals surface area contributed by atoms with Gasteiger partial charge in [-0.2, -0.15) is 0 Å². The molecular weight excluding hydrogens is 297 g/mol. The van der Waals surface area contributed by atoms with Crippen LogP contribution in [0.25, 0.3) is 0 Å². The maximum absolute atomic E-state index is 12.9. The molecule has 0 fully saturated rings. The molecule has 2 aromatic carbocycles. The van der Waals surface area contributed by atoms with Gasteiger partial charge in [0.1, 0.15) is 11.6 Å². The maximum atomic E-state index is 12.9. The van der Waals surface area contributed by atoms with E-state index in [0.717, 1.165) is 17.7 Å². The Labute approximate surface area is 133 Å². The third kappa shape index (κ3) is 3.35. The summed E-state index contributed by atoms with van der Waals surface area (Å²) in [6.07, 6.45) is -0.109. The first-order chi connectivity index (χ1) is 11.0. The van der Waals surface area contributed by atoms with Crippen molar-refractivity contribution >= 4 is 5.91 Å². The third-order valence-electron chi connectivity index (χ3n) is 4.00. The minimum atomic E-state index is -0.905. The number of carbonyl (C=O) groups is 1. The van der Waals surface area contributed by atoms with Crippen molar-refractivity contribution in [3.63, 3.8) is 0 Å². The van der Waals surface area contributed by atoms with Crippen molar-refractivity contribution in [2.24, 2.45) is 0 Å². The molecule has 0 bridgehead atoms. The van der Waals surface area contributed by atoms with Crippen LogP contribution < -0.4 is 10.1 Å². The van der Waals surface area contributed by atoms with Crippen molar-refractivity contribution < 1.29 is 19.0 Å². The largest absolute Gasteiger partial charge is 0.493 e. The molecule has 0 aromatic heterocycles. The zero-order valence-corrected chi connectivity index (χ0v) is 12.8. The van der Waals surface area contributed by atoms with Gasteiger partial charge in [-0.15, -0.1) is 0 Å². The number of halogens is 1. The first kappa shape index (κ1) is 15.5. The van der Waals surface area contributed by atoms with E-state index in [1.165, 1.54) is 24.3 Å². The van der Waals surface area contributed by atoms with Crippen LogP contribution in [0, 0.1) is 5.82 Å².